The number of nitrogens with one attached hydrogen (secondary N) is 2. The molecular formula is C27H29B2F2N3O6. The van der Waals surface area contributed by atoms with Crippen LogP contribution in [-0.2, 0) is 5.62 Å². The first-order valence-corrected chi connectivity index (χ1v) is 12.8. The zero-order valence-electron chi connectivity index (χ0n) is 22.0. The smallest absolute Gasteiger partial charge is 0.335 e. The number of aliphatic hydroxyl groups is 3. The maximum Gasteiger partial charge on any atom is 0.335 e. The molecule has 3 aromatic rings. The molecule has 6 N–H and O–H groups in total. The molecule has 0 amide bonds. The van der Waals surface area contributed by atoms with Crippen LogP contribution < -0.4 is 10.1 Å². The van der Waals surface area contributed by atoms with Crippen molar-refractivity contribution in [2.45, 2.75) is 56.0 Å². The Bertz CT molecular complexity index is 1460. The lowest BCUT2D eigenvalue weighted by molar-refractivity contribution is -0.202. The highest BCUT2D eigenvalue weighted by Crippen LogP contribution is 2.62. The molecule has 2 aliphatic rings. The molecule has 208 valence electrons. The Morgan fingerprint density at radius 3 is 2.50 bits per heavy atom. The number of aryl methyl sites for hydroxylation is 1. The summed E-state index contributed by atoms with van der Waals surface area (Å²) in [5.74, 6) is -6.71. The molecule has 0 bridgehead atoms. The molecule has 2 fully saturated rings. The second-order valence-electron chi connectivity index (χ2n) is 11.1. The van der Waals surface area contributed by atoms with Gasteiger partial charge in [0.15, 0.2) is 13.7 Å². The highest BCUT2D eigenvalue weighted by Gasteiger charge is 2.60. The fraction of sp³-hybridized carbons (Fsp3) is 0.444. The van der Waals surface area contributed by atoms with E-state index >= 15 is 0 Å². The first-order valence-electron chi connectivity index (χ1n) is 12.8. The zero-order valence-corrected chi connectivity index (χ0v) is 22.0. The van der Waals surface area contributed by atoms with E-state index in [0.717, 1.165) is 17.1 Å². The minimum atomic E-state index is -2.93. The number of H-pyrrole nitrogens is 1. The molecule has 2 heterocycles. The Balaban J connectivity index is 1.67. The number of ether oxygens (including phenoxy) is 1. The van der Waals surface area contributed by atoms with E-state index in [1.54, 1.807) is 23.2 Å². The number of aromatic carboxylic acids is 1. The summed E-state index contributed by atoms with van der Waals surface area (Å²) < 4.78 is 33.9. The number of alkyl halides is 2. The Hall–Kier alpha value is -3.12. The van der Waals surface area contributed by atoms with Gasteiger partial charge in [0.05, 0.1) is 12.7 Å². The van der Waals surface area contributed by atoms with Gasteiger partial charge in [-0.15, -0.1) is 0 Å². The molecule has 9 nitrogen and oxygen atoms in total. The van der Waals surface area contributed by atoms with Gasteiger partial charge in [-0.2, -0.15) is 0 Å². The molecule has 2 aromatic carbocycles. The van der Waals surface area contributed by atoms with Gasteiger partial charge in [0.1, 0.15) is 19.2 Å². The van der Waals surface area contributed by atoms with Crippen LogP contribution in [0.3, 0.4) is 0 Å². The van der Waals surface area contributed by atoms with Gasteiger partial charge in [-0.05, 0) is 60.6 Å². The van der Waals surface area contributed by atoms with Crippen LogP contribution in [0.4, 0.5) is 14.5 Å². The minimum Gasteiger partial charge on any atom is -0.496 e. The fourth-order valence-electron chi connectivity index (χ4n) is 6.54. The average Bonchev–Trinajstić information content (AvgIpc) is 3.31. The Morgan fingerprint density at radius 2 is 1.90 bits per heavy atom. The maximum absolute atomic E-state index is 14.1. The first kappa shape index (κ1) is 28.4. The molecule has 4 radical (unpaired) electrons. The molecule has 1 saturated carbocycles. The van der Waals surface area contributed by atoms with Crippen molar-refractivity contribution in [3.8, 4) is 5.75 Å². The number of fused-ring (bicyclic) bond motifs is 1. The number of halogens is 2. The highest BCUT2D eigenvalue weighted by atomic mass is 19.3. The number of aromatic nitrogens is 1. The molecule has 1 aromatic heterocycles. The molecule has 1 aliphatic heterocycles. The van der Waals surface area contributed by atoms with Crippen LogP contribution in [0, 0.1) is 12.3 Å². The predicted octanol–water partition coefficient (Wildman–Crippen LogP) is 2.88. The van der Waals surface area contributed by atoms with E-state index < -0.39 is 34.8 Å². The Labute approximate surface area is 232 Å². The average molecular weight is 551 g/mol. The van der Waals surface area contributed by atoms with Crippen LogP contribution in [0.5, 0.6) is 5.75 Å². The van der Waals surface area contributed by atoms with Crippen LogP contribution in [0.2, 0.25) is 0 Å². The van der Waals surface area contributed by atoms with E-state index in [2.05, 4.69) is 10.3 Å². The van der Waals surface area contributed by atoms with Crippen LogP contribution >= 0.6 is 0 Å². The fourth-order valence-corrected chi connectivity index (χ4v) is 6.54. The number of methoxy groups -OCH3 is 1. The van der Waals surface area contributed by atoms with Gasteiger partial charge in [-0.25, -0.2) is 13.6 Å². The number of nitrogens with zero attached hydrogens (tertiary/aromatic N) is 1. The zero-order chi connectivity index (χ0) is 29.3. The third-order valence-electron chi connectivity index (χ3n) is 8.16. The quantitative estimate of drug-likeness (QED) is 0.195. The Morgan fingerprint density at radius 1 is 1.20 bits per heavy atom. The lowest BCUT2D eigenvalue weighted by Gasteiger charge is -2.57. The van der Waals surface area contributed by atoms with E-state index in [-0.39, 0.29) is 48.2 Å². The van der Waals surface area contributed by atoms with Crippen LogP contribution in [0.25, 0.3) is 10.9 Å². The summed E-state index contributed by atoms with van der Waals surface area (Å²) in [6, 6.07) is 6.50. The summed E-state index contributed by atoms with van der Waals surface area (Å²) in [4.78, 5) is 16.4. The van der Waals surface area contributed by atoms with E-state index in [1.165, 1.54) is 19.2 Å². The SMILES string of the molecule is [B]C(O)(O)Nc1cc(C(=O)O)ccc1C1CC2(CCN1C([B])(O)c1c(OC)cc(C)c3[nH]ccc13)CC(F)(F)C2. The summed E-state index contributed by atoms with van der Waals surface area (Å²) in [7, 11) is 13.6. The van der Waals surface area contributed by atoms with E-state index in [4.69, 9.17) is 20.4 Å². The number of hydrogen-bond donors (Lipinski definition) is 6. The van der Waals surface area contributed by atoms with Gasteiger partial charge in [-0.3, -0.25) is 4.90 Å². The van der Waals surface area contributed by atoms with Gasteiger partial charge in [-0.1, -0.05) is 6.07 Å². The number of carboxylic acid groups (broad SMARTS) is 1. The summed E-state index contributed by atoms with van der Waals surface area (Å²) in [5.41, 5.74) is -1.08. The van der Waals surface area contributed by atoms with Crippen LogP contribution in [0.15, 0.2) is 36.5 Å². The molecule has 1 aliphatic carbocycles. The van der Waals surface area contributed by atoms with E-state index in [9.17, 15) is 34.0 Å². The summed E-state index contributed by atoms with van der Waals surface area (Å²) in [5, 5.41) is 44.4. The number of anilines is 1. The lowest BCUT2D eigenvalue weighted by atomic mass is 9.58. The molecular weight excluding hydrogens is 522 g/mol. The minimum absolute atomic E-state index is 0.0657. The summed E-state index contributed by atoms with van der Waals surface area (Å²) in [6.45, 7) is 1.97. The number of carbonyl (C=O) groups is 1. The number of benzene rings is 2. The van der Waals surface area contributed by atoms with Gasteiger partial charge in [0, 0.05) is 53.8 Å². The van der Waals surface area contributed by atoms with Gasteiger partial charge >= 0.3 is 5.97 Å². The number of aromatic amines is 1. The van der Waals surface area contributed by atoms with Gasteiger partial charge in [0.25, 0.3) is 0 Å². The van der Waals surface area contributed by atoms with Crippen molar-refractivity contribution >= 4 is 38.3 Å². The number of hydrogen-bond acceptors (Lipinski definition) is 7. The monoisotopic (exact) mass is 551 g/mol. The molecule has 1 saturated heterocycles. The number of carboxylic acids is 1. The molecule has 2 atom stereocenters. The van der Waals surface area contributed by atoms with Crippen molar-refractivity contribution in [1.29, 1.82) is 0 Å². The van der Waals surface area contributed by atoms with Crippen molar-refractivity contribution in [2.75, 3.05) is 19.0 Å². The van der Waals surface area contributed by atoms with Gasteiger partial charge < -0.3 is 35.5 Å². The first-order chi connectivity index (χ1) is 18.6. The summed E-state index contributed by atoms with van der Waals surface area (Å²) >= 11 is 0. The highest BCUT2D eigenvalue weighted by molar-refractivity contribution is 6.16. The Kier molecular flexibility index (Phi) is 6.73. The van der Waals surface area contributed by atoms with Gasteiger partial charge in [0.2, 0.25) is 5.92 Å². The van der Waals surface area contributed by atoms with Crippen molar-refractivity contribution in [2.24, 2.45) is 5.41 Å². The third-order valence-corrected chi connectivity index (χ3v) is 8.16. The molecule has 40 heavy (non-hydrogen) atoms. The van der Waals surface area contributed by atoms with E-state index in [1.807, 2.05) is 6.92 Å². The number of rotatable bonds is 7. The van der Waals surface area contributed by atoms with Crippen molar-refractivity contribution in [3.05, 3.63) is 58.8 Å². The second-order valence-corrected chi connectivity index (χ2v) is 11.1. The van der Waals surface area contributed by atoms with Crippen molar-refractivity contribution in [1.82, 2.24) is 9.88 Å². The molecule has 5 rings (SSSR count). The molecule has 1 spiro atoms. The molecule has 13 heteroatoms. The van der Waals surface area contributed by atoms with Crippen molar-refractivity contribution in [3.63, 3.8) is 0 Å². The number of likely N-dealkylation sites (tertiary alicyclic amines) is 1. The van der Waals surface area contributed by atoms with Crippen LogP contribution in [0.1, 0.15) is 58.8 Å². The molecule has 2 unspecified atom stereocenters. The van der Waals surface area contributed by atoms with Crippen molar-refractivity contribution < 1.29 is 38.7 Å². The van der Waals surface area contributed by atoms with Crippen LogP contribution in [-0.4, -0.2) is 77.4 Å². The normalized spacial score (nSPS) is 22.0. The summed E-state index contributed by atoms with van der Waals surface area (Å²) in [6.07, 6.45) is 1.45. The third kappa shape index (κ3) is 4.96. The topological polar surface area (TPSA) is 138 Å². The lowest BCUT2D eigenvalue weighted by Crippen LogP contribution is -2.58. The van der Waals surface area contributed by atoms with E-state index in [0.29, 0.717) is 17.6 Å². The number of piperidine rings is 1. The predicted molar refractivity (Wildman–Crippen MR) is 144 cm³/mol. The standard InChI is InChI=1S/C27H29B2F2N3O6/c1-14-9-20(40-2)21(17-5-7-32-22(14)17)26(28,37)34-8-6-24(12-25(30,31)13-24)11-19(34)16-4-3-15(23(35)36)10-18(16)33-27(29,38)39/h3-5,7,9-10,19,32-33,37-39H,6,8,11-13H2,1-2H3,(H,35,36). The second kappa shape index (κ2) is 9.47. The largest absolute Gasteiger partial charge is 0.496 e. The maximum atomic E-state index is 14.1.